The Morgan fingerprint density at radius 3 is 2.41 bits per heavy atom. The number of hydrogen-bond donors (Lipinski definition) is 1. The van der Waals surface area contributed by atoms with Gasteiger partial charge in [-0.25, -0.2) is 13.4 Å². The quantitative estimate of drug-likeness (QED) is 0.291. The molecular formula is C19H13F2N3O6S2. The molecule has 1 N–H and O–H groups in total. The molecule has 1 heterocycles. The van der Waals surface area contributed by atoms with Crippen LogP contribution in [-0.4, -0.2) is 30.8 Å². The van der Waals surface area contributed by atoms with E-state index in [9.17, 15) is 32.1 Å². The summed E-state index contributed by atoms with van der Waals surface area (Å²) in [5, 5.41) is 13.2. The summed E-state index contributed by atoms with van der Waals surface area (Å²) in [5.74, 6) is -0.613. The topological polar surface area (TPSA) is 128 Å². The number of nitrogens with zero attached hydrogens (tertiary/aromatic N) is 2. The number of benzene rings is 2. The summed E-state index contributed by atoms with van der Waals surface area (Å²) < 4.78 is 53.6. The molecule has 0 spiro atoms. The van der Waals surface area contributed by atoms with Crippen LogP contribution in [-0.2, 0) is 14.6 Å². The minimum absolute atomic E-state index is 0.0221. The highest BCUT2D eigenvalue weighted by Crippen LogP contribution is 2.29. The predicted octanol–water partition coefficient (Wildman–Crippen LogP) is 4.14. The number of rotatable bonds is 8. The van der Waals surface area contributed by atoms with Gasteiger partial charge < -0.3 is 4.74 Å². The number of alkyl halides is 2. The summed E-state index contributed by atoms with van der Waals surface area (Å²) >= 11 is 0.716. The van der Waals surface area contributed by atoms with Gasteiger partial charge in [-0.15, -0.1) is 0 Å². The van der Waals surface area contributed by atoms with E-state index in [4.69, 9.17) is 0 Å². The first-order valence-corrected chi connectivity index (χ1v) is 10.9. The Kier molecular flexibility index (Phi) is 6.90. The summed E-state index contributed by atoms with van der Waals surface area (Å²) in [5.41, 5.74) is 0.298. The second kappa shape index (κ2) is 9.62. The molecule has 0 bridgehead atoms. The second-order valence-corrected chi connectivity index (χ2v) is 9.22. The van der Waals surface area contributed by atoms with Gasteiger partial charge in [-0.3, -0.25) is 20.2 Å². The normalized spacial score (nSPS) is 11.6. The molecule has 32 heavy (non-hydrogen) atoms. The zero-order chi connectivity index (χ0) is 23.3. The monoisotopic (exact) mass is 481 g/mol. The lowest BCUT2D eigenvalue weighted by molar-refractivity contribution is -0.384. The third-order valence-corrected chi connectivity index (χ3v) is 7.01. The highest BCUT2D eigenvalue weighted by atomic mass is 32.2. The van der Waals surface area contributed by atoms with Crippen LogP contribution in [0.25, 0.3) is 6.08 Å². The van der Waals surface area contributed by atoms with Gasteiger partial charge in [0.2, 0.25) is 15.7 Å². The highest BCUT2D eigenvalue weighted by molar-refractivity contribution is 7.93. The average Bonchev–Trinajstić information content (AvgIpc) is 3.22. The van der Waals surface area contributed by atoms with E-state index in [1.54, 1.807) is 0 Å². The highest BCUT2D eigenvalue weighted by Gasteiger charge is 2.22. The molecule has 1 amide bonds. The number of carbonyl (C=O) groups is 1. The molecule has 1 aromatic heterocycles. The van der Waals surface area contributed by atoms with E-state index in [-0.39, 0.29) is 25.7 Å². The van der Waals surface area contributed by atoms with Crippen molar-refractivity contribution in [3.63, 3.8) is 0 Å². The van der Waals surface area contributed by atoms with Crippen LogP contribution >= 0.6 is 11.3 Å². The number of non-ortho nitro benzene ring substituents is 1. The number of amides is 1. The maximum absolute atomic E-state index is 12.6. The molecule has 9 nitrogen and oxygen atoms in total. The molecule has 0 saturated heterocycles. The van der Waals surface area contributed by atoms with E-state index in [2.05, 4.69) is 15.0 Å². The van der Waals surface area contributed by atoms with Crippen LogP contribution in [0.15, 0.2) is 69.9 Å². The molecule has 166 valence electrons. The number of aromatic nitrogens is 1. The Bertz CT molecular complexity index is 1260. The standard InChI is InChI=1S/C19H13F2N3O6S2/c20-18(21)30-14-6-1-12(2-7-14)3-10-16(25)23-19-22-11-17(31-19)32(28,29)15-8-4-13(5-9-15)24(26)27/h1-11,18H,(H,22,23,25). The largest absolute Gasteiger partial charge is 0.435 e. The van der Waals surface area contributed by atoms with E-state index in [0.717, 1.165) is 36.5 Å². The van der Waals surface area contributed by atoms with Crippen LogP contribution in [0.3, 0.4) is 0 Å². The lowest BCUT2D eigenvalue weighted by atomic mass is 10.2. The molecule has 0 fully saturated rings. The number of nitrogens with one attached hydrogen (secondary N) is 1. The van der Waals surface area contributed by atoms with Crippen molar-refractivity contribution in [2.24, 2.45) is 0 Å². The van der Waals surface area contributed by atoms with Gasteiger partial charge in [0.1, 0.15) is 9.96 Å². The second-order valence-electron chi connectivity index (χ2n) is 6.01. The minimum atomic E-state index is -3.97. The van der Waals surface area contributed by atoms with Crippen molar-refractivity contribution < 1.29 is 31.7 Å². The Morgan fingerprint density at radius 1 is 1.16 bits per heavy atom. The van der Waals surface area contributed by atoms with E-state index in [1.807, 2.05) is 0 Å². The van der Waals surface area contributed by atoms with E-state index in [0.29, 0.717) is 16.9 Å². The van der Waals surface area contributed by atoms with Crippen LogP contribution in [0.5, 0.6) is 5.75 Å². The Balaban J connectivity index is 1.65. The smallest absolute Gasteiger partial charge is 0.387 e. The Morgan fingerprint density at radius 2 is 1.81 bits per heavy atom. The molecule has 0 aliphatic carbocycles. The van der Waals surface area contributed by atoms with Crippen molar-refractivity contribution in [3.05, 3.63) is 76.5 Å². The number of nitro groups is 1. The Labute approximate surface area is 184 Å². The molecular weight excluding hydrogens is 468 g/mol. The fraction of sp³-hybridized carbons (Fsp3) is 0.0526. The summed E-state index contributed by atoms with van der Waals surface area (Å²) in [6, 6.07) is 9.97. The van der Waals surface area contributed by atoms with Gasteiger partial charge in [-0.05, 0) is 35.9 Å². The van der Waals surface area contributed by atoms with Gasteiger partial charge in [0.15, 0.2) is 5.13 Å². The molecule has 0 aliphatic rings. The summed E-state index contributed by atoms with van der Waals surface area (Å²) in [6.07, 6.45) is 3.65. The molecule has 0 saturated carbocycles. The molecule has 2 aromatic carbocycles. The van der Waals surface area contributed by atoms with Crippen molar-refractivity contribution >= 4 is 44.0 Å². The molecule has 13 heteroatoms. The van der Waals surface area contributed by atoms with Crippen LogP contribution in [0.1, 0.15) is 5.56 Å². The number of nitro benzene ring substituents is 1. The fourth-order valence-corrected chi connectivity index (χ4v) is 4.82. The fourth-order valence-electron chi connectivity index (χ4n) is 2.38. The summed E-state index contributed by atoms with van der Waals surface area (Å²) in [6.45, 7) is -2.94. The van der Waals surface area contributed by atoms with E-state index < -0.39 is 27.3 Å². The van der Waals surface area contributed by atoms with Crippen LogP contribution < -0.4 is 10.1 Å². The number of sulfone groups is 1. The molecule has 0 atom stereocenters. The van der Waals surface area contributed by atoms with Crippen molar-refractivity contribution in [1.29, 1.82) is 0 Å². The average molecular weight is 481 g/mol. The maximum atomic E-state index is 12.6. The first-order valence-electron chi connectivity index (χ1n) is 8.64. The van der Waals surface area contributed by atoms with Crippen molar-refractivity contribution in [2.75, 3.05) is 5.32 Å². The van der Waals surface area contributed by atoms with Gasteiger partial charge >= 0.3 is 6.61 Å². The number of thiazole rings is 1. The van der Waals surface area contributed by atoms with E-state index >= 15 is 0 Å². The minimum Gasteiger partial charge on any atom is -0.435 e. The van der Waals surface area contributed by atoms with Gasteiger partial charge in [0.05, 0.1) is 16.0 Å². The lowest BCUT2D eigenvalue weighted by Crippen LogP contribution is -2.07. The van der Waals surface area contributed by atoms with Crippen LogP contribution in [0, 0.1) is 10.1 Å². The third kappa shape index (κ3) is 5.70. The van der Waals surface area contributed by atoms with Crippen LogP contribution in [0.2, 0.25) is 0 Å². The number of ether oxygens (including phenoxy) is 1. The zero-order valence-electron chi connectivity index (χ0n) is 15.8. The number of halogens is 2. The Hall–Kier alpha value is -3.71. The molecule has 3 rings (SSSR count). The third-order valence-electron chi connectivity index (χ3n) is 3.87. The SMILES string of the molecule is O=C(C=Cc1ccc(OC(F)F)cc1)Nc1ncc(S(=O)(=O)c2ccc([N+](=O)[O-])cc2)s1. The number of anilines is 1. The first kappa shape index (κ1) is 23.0. The zero-order valence-corrected chi connectivity index (χ0v) is 17.5. The lowest BCUT2D eigenvalue weighted by Gasteiger charge is -2.03. The van der Waals surface area contributed by atoms with Gasteiger partial charge in [-0.1, -0.05) is 23.5 Å². The van der Waals surface area contributed by atoms with Gasteiger partial charge in [0.25, 0.3) is 5.69 Å². The van der Waals surface area contributed by atoms with Gasteiger partial charge in [-0.2, -0.15) is 8.78 Å². The maximum Gasteiger partial charge on any atom is 0.387 e. The van der Waals surface area contributed by atoms with E-state index in [1.165, 1.54) is 30.3 Å². The first-order chi connectivity index (χ1) is 15.1. The molecule has 0 unspecified atom stereocenters. The predicted molar refractivity (Wildman–Crippen MR) is 111 cm³/mol. The number of hydrogen-bond acceptors (Lipinski definition) is 8. The number of carbonyl (C=O) groups excluding carboxylic acids is 1. The molecule has 3 aromatic rings. The summed E-state index contributed by atoms with van der Waals surface area (Å²) in [7, 11) is -3.97. The molecule has 0 radical (unpaired) electrons. The van der Waals surface area contributed by atoms with Gasteiger partial charge in [0, 0.05) is 18.2 Å². The van der Waals surface area contributed by atoms with Crippen molar-refractivity contribution in [2.45, 2.75) is 15.7 Å². The van der Waals surface area contributed by atoms with Crippen molar-refractivity contribution in [3.8, 4) is 5.75 Å². The van der Waals surface area contributed by atoms with Crippen molar-refractivity contribution in [1.82, 2.24) is 4.98 Å². The summed E-state index contributed by atoms with van der Waals surface area (Å²) in [4.78, 5) is 25.8. The van der Waals surface area contributed by atoms with Crippen LogP contribution in [0.4, 0.5) is 19.6 Å². The molecule has 0 aliphatic heterocycles.